The Kier molecular flexibility index (Phi) is 7.39. The van der Waals surface area contributed by atoms with E-state index in [9.17, 15) is 4.79 Å². The van der Waals surface area contributed by atoms with E-state index in [2.05, 4.69) is 26.1 Å². The first-order valence-electron chi connectivity index (χ1n) is 5.85. The van der Waals surface area contributed by atoms with Crippen molar-refractivity contribution in [1.29, 1.82) is 0 Å². The van der Waals surface area contributed by atoms with Gasteiger partial charge in [-0.2, -0.15) is 0 Å². The Morgan fingerprint density at radius 1 is 1.27 bits per heavy atom. The summed E-state index contributed by atoms with van der Waals surface area (Å²) in [5.41, 5.74) is 0. The lowest BCUT2D eigenvalue weighted by Crippen LogP contribution is -2.42. The molecule has 1 N–H and O–H groups in total. The van der Waals surface area contributed by atoms with Gasteiger partial charge in [0.1, 0.15) is 6.04 Å². The standard InChI is InChI=1S/C12H25NO2/c1-6-11(12(14)15-5)13-10(4)8-7-9(2)3/h9-11,13H,6-8H2,1-5H3. The molecule has 0 bridgehead atoms. The van der Waals surface area contributed by atoms with Gasteiger partial charge in [0.25, 0.3) is 0 Å². The van der Waals surface area contributed by atoms with Crippen molar-refractivity contribution >= 4 is 5.97 Å². The third kappa shape index (κ3) is 6.50. The van der Waals surface area contributed by atoms with Crippen LogP contribution in [0.3, 0.4) is 0 Å². The molecule has 0 rings (SSSR count). The van der Waals surface area contributed by atoms with Crippen molar-refractivity contribution in [3.8, 4) is 0 Å². The lowest BCUT2D eigenvalue weighted by Gasteiger charge is -2.20. The molecule has 0 spiro atoms. The summed E-state index contributed by atoms with van der Waals surface area (Å²) in [7, 11) is 1.44. The Balaban J connectivity index is 3.90. The number of esters is 1. The summed E-state index contributed by atoms with van der Waals surface area (Å²) >= 11 is 0. The highest BCUT2D eigenvalue weighted by Gasteiger charge is 2.18. The molecule has 0 saturated heterocycles. The Hall–Kier alpha value is -0.570. The topological polar surface area (TPSA) is 38.3 Å². The molecule has 3 nitrogen and oxygen atoms in total. The van der Waals surface area contributed by atoms with Crippen LogP contribution < -0.4 is 5.32 Å². The van der Waals surface area contributed by atoms with Gasteiger partial charge in [0, 0.05) is 6.04 Å². The summed E-state index contributed by atoms with van der Waals surface area (Å²) in [6.07, 6.45) is 3.07. The minimum absolute atomic E-state index is 0.155. The minimum atomic E-state index is -0.158. The van der Waals surface area contributed by atoms with Crippen LogP contribution in [0.15, 0.2) is 0 Å². The summed E-state index contributed by atoms with van der Waals surface area (Å²) in [4.78, 5) is 11.3. The number of ether oxygens (including phenoxy) is 1. The zero-order chi connectivity index (χ0) is 11.8. The predicted molar refractivity (Wildman–Crippen MR) is 62.8 cm³/mol. The van der Waals surface area contributed by atoms with E-state index in [0.29, 0.717) is 12.0 Å². The SMILES string of the molecule is CCC(NC(C)CCC(C)C)C(=O)OC. The summed E-state index contributed by atoms with van der Waals surface area (Å²) in [5.74, 6) is 0.557. The molecule has 0 aromatic carbocycles. The molecule has 0 fully saturated rings. The fourth-order valence-corrected chi connectivity index (χ4v) is 1.50. The van der Waals surface area contributed by atoms with Gasteiger partial charge < -0.3 is 10.1 Å². The second-order valence-corrected chi connectivity index (χ2v) is 4.52. The smallest absolute Gasteiger partial charge is 0.322 e. The summed E-state index contributed by atoms with van der Waals surface area (Å²) < 4.78 is 4.73. The normalized spacial score (nSPS) is 15.1. The Morgan fingerprint density at radius 2 is 1.87 bits per heavy atom. The fraction of sp³-hybridized carbons (Fsp3) is 0.917. The van der Waals surface area contributed by atoms with Crippen molar-refractivity contribution < 1.29 is 9.53 Å². The lowest BCUT2D eigenvalue weighted by molar-refractivity contribution is -0.143. The molecule has 0 amide bonds. The largest absolute Gasteiger partial charge is 0.468 e. The number of hydrogen-bond donors (Lipinski definition) is 1. The molecule has 0 aromatic rings. The summed E-state index contributed by atoms with van der Waals surface area (Å²) in [6, 6.07) is 0.216. The quantitative estimate of drug-likeness (QED) is 0.662. The Bertz CT molecular complexity index is 180. The first-order valence-corrected chi connectivity index (χ1v) is 5.85. The molecular weight excluding hydrogens is 190 g/mol. The number of methoxy groups -OCH3 is 1. The molecule has 0 aliphatic heterocycles. The minimum Gasteiger partial charge on any atom is -0.468 e. The predicted octanol–water partition coefficient (Wildman–Crippen LogP) is 2.35. The molecule has 0 heterocycles. The molecule has 3 heteroatoms. The van der Waals surface area contributed by atoms with E-state index in [4.69, 9.17) is 4.74 Å². The molecule has 90 valence electrons. The third-order valence-corrected chi connectivity index (χ3v) is 2.56. The highest BCUT2D eigenvalue weighted by Crippen LogP contribution is 2.07. The number of hydrogen-bond acceptors (Lipinski definition) is 3. The van der Waals surface area contributed by atoms with Crippen LogP contribution in [0, 0.1) is 5.92 Å². The molecule has 15 heavy (non-hydrogen) atoms. The van der Waals surface area contributed by atoms with Crippen LogP contribution in [0.5, 0.6) is 0 Å². The average Bonchev–Trinajstić information content (AvgIpc) is 2.21. The molecule has 0 radical (unpaired) electrons. The van der Waals surface area contributed by atoms with Crippen molar-refractivity contribution in [3.63, 3.8) is 0 Å². The van der Waals surface area contributed by atoms with Gasteiger partial charge in [-0.05, 0) is 32.1 Å². The number of nitrogens with one attached hydrogen (secondary N) is 1. The monoisotopic (exact) mass is 215 g/mol. The van der Waals surface area contributed by atoms with E-state index in [1.807, 2.05) is 6.92 Å². The molecular formula is C12H25NO2. The van der Waals surface area contributed by atoms with E-state index in [-0.39, 0.29) is 12.0 Å². The van der Waals surface area contributed by atoms with E-state index >= 15 is 0 Å². The van der Waals surface area contributed by atoms with Crippen molar-refractivity contribution in [1.82, 2.24) is 5.32 Å². The average molecular weight is 215 g/mol. The van der Waals surface area contributed by atoms with Crippen molar-refractivity contribution in [2.45, 2.75) is 59.0 Å². The summed E-state index contributed by atoms with van der Waals surface area (Å²) in [6.45, 7) is 8.53. The lowest BCUT2D eigenvalue weighted by atomic mass is 10.0. The van der Waals surface area contributed by atoms with Crippen molar-refractivity contribution in [2.75, 3.05) is 7.11 Å². The van der Waals surface area contributed by atoms with Crippen molar-refractivity contribution in [3.05, 3.63) is 0 Å². The summed E-state index contributed by atoms with van der Waals surface area (Å²) in [5, 5.41) is 3.30. The molecule has 0 aliphatic rings. The van der Waals surface area contributed by atoms with Crippen LogP contribution in [0.25, 0.3) is 0 Å². The second-order valence-electron chi connectivity index (χ2n) is 4.52. The Morgan fingerprint density at radius 3 is 2.27 bits per heavy atom. The zero-order valence-electron chi connectivity index (χ0n) is 10.7. The van der Waals surface area contributed by atoms with Crippen LogP contribution in [-0.4, -0.2) is 25.2 Å². The first-order chi connectivity index (χ1) is 7.01. The maximum atomic E-state index is 11.3. The van der Waals surface area contributed by atoms with Gasteiger partial charge in [0.2, 0.25) is 0 Å². The van der Waals surface area contributed by atoms with Crippen LogP contribution in [0.4, 0.5) is 0 Å². The van der Waals surface area contributed by atoms with Gasteiger partial charge in [0.05, 0.1) is 7.11 Å². The van der Waals surface area contributed by atoms with Crippen LogP contribution in [0.2, 0.25) is 0 Å². The molecule has 0 saturated carbocycles. The highest BCUT2D eigenvalue weighted by atomic mass is 16.5. The van der Waals surface area contributed by atoms with E-state index in [1.54, 1.807) is 0 Å². The number of carbonyl (C=O) groups is 1. The molecule has 2 atom stereocenters. The van der Waals surface area contributed by atoms with Gasteiger partial charge in [-0.15, -0.1) is 0 Å². The number of rotatable bonds is 7. The first kappa shape index (κ1) is 14.4. The zero-order valence-corrected chi connectivity index (χ0v) is 10.7. The van der Waals surface area contributed by atoms with E-state index in [0.717, 1.165) is 12.8 Å². The van der Waals surface area contributed by atoms with Crippen molar-refractivity contribution in [2.24, 2.45) is 5.92 Å². The van der Waals surface area contributed by atoms with E-state index < -0.39 is 0 Å². The third-order valence-electron chi connectivity index (χ3n) is 2.56. The molecule has 0 aromatic heterocycles. The Labute approximate surface area is 93.6 Å². The fourth-order valence-electron chi connectivity index (χ4n) is 1.50. The highest BCUT2D eigenvalue weighted by molar-refractivity contribution is 5.75. The van der Waals surface area contributed by atoms with Gasteiger partial charge in [-0.3, -0.25) is 4.79 Å². The van der Waals surface area contributed by atoms with Crippen LogP contribution in [-0.2, 0) is 9.53 Å². The van der Waals surface area contributed by atoms with Gasteiger partial charge in [-0.25, -0.2) is 0 Å². The maximum absolute atomic E-state index is 11.3. The molecule has 0 aliphatic carbocycles. The van der Waals surface area contributed by atoms with Gasteiger partial charge in [-0.1, -0.05) is 20.8 Å². The molecule has 2 unspecified atom stereocenters. The van der Waals surface area contributed by atoms with Gasteiger partial charge >= 0.3 is 5.97 Å². The van der Waals surface area contributed by atoms with Gasteiger partial charge in [0.15, 0.2) is 0 Å². The van der Waals surface area contributed by atoms with E-state index in [1.165, 1.54) is 13.5 Å². The maximum Gasteiger partial charge on any atom is 0.322 e. The van der Waals surface area contributed by atoms with Crippen LogP contribution >= 0.6 is 0 Å². The van der Waals surface area contributed by atoms with Crippen LogP contribution in [0.1, 0.15) is 47.0 Å². The number of carbonyl (C=O) groups excluding carboxylic acids is 1. The second kappa shape index (κ2) is 7.69.